The van der Waals surface area contributed by atoms with Gasteiger partial charge < -0.3 is 15.8 Å². The highest BCUT2D eigenvalue weighted by Gasteiger charge is 2.28. The summed E-state index contributed by atoms with van der Waals surface area (Å²) in [5.41, 5.74) is 5.62. The van der Waals surface area contributed by atoms with E-state index in [0.717, 1.165) is 11.3 Å². The molecule has 0 spiro atoms. The minimum atomic E-state index is -0.392. The Morgan fingerprint density at radius 1 is 1.53 bits per heavy atom. The minimum Gasteiger partial charge on any atom is -0.462 e. The molecule has 0 radical (unpaired) electrons. The van der Waals surface area contributed by atoms with Crippen molar-refractivity contribution >= 4 is 45.4 Å². The van der Waals surface area contributed by atoms with Crippen LogP contribution in [-0.2, 0) is 10.2 Å². The molecule has 4 N–H and O–H groups in total. The normalized spacial score (nSPS) is 10.5. The number of carbonyl (C=O) groups is 1. The average Bonchev–Trinajstić information content (AvgIpc) is 2.60. The smallest absolute Gasteiger partial charge is 0.350 e. The zero-order valence-corrected chi connectivity index (χ0v) is 13.9. The Bertz CT molecular complexity index is 468. The van der Waals surface area contributed by atoms with Gasteiger partial charge in [0.25, 0.3) is 0 Å². The molecule has 0 saturated carbocycles. The van der Waals surface area contributed by atoms with Gasteiger partial charge in [-0.3, -0.25) is 5.41 Å². The maximum Gasteiger partial charge on any atom is 0.350 e. The second-order valence-corrected chi connectivity index (χ2v) is 5.70. The van der Waals surface area contributed by atoms with E-state index >= 15 is 0 Å². The van der Waals surface area contributed by atoms with Crippen LogP contribution in [0.5, 0.6) is 0 Å². The van der Waals surface area contributed by atoms with E-state index in [4.69, 9.17) is 15.9 Å². The highest BCUT2D eigenvalue weighted by molar-refractivity contribution is 8.93. The third-order valence-corrected chi connectivity index (χ3v) is 2.99. The van der Waals surface area contributed by atoms with Crippen LogP contribution in [0.15, 0.2) is 0 Å². The first-order valence-electron chi connectivity index (χ1n) is 5.55. The van der Waals surface area contributed by atoms with E-state index in [0.29, 0.717) is 22.3 Å². The Balaban J connectivity index is 0.00000324. The Kier molecular flexibility index (Phi) is 6.44. The average molecular weight is 351 g/mol. The Morgan fingerprint density at radius 3 is 2.53 bits per heavy atom. The number of thiazole rings is 1. The lowest BCUT2D eigenvalue weighted by molar-refractivity contribution is 0.0529. The van der Waals surface area contributed by atoms with Gasteiger partial charge in [0.2, 0.25) is 0 Å². The summed E-state index contributed by atoms with van der Waals surface area (Å²) >= 11 is 1.15. The number of carbonyl (C=O) groups excluding carboxylic acids is 1. The Labute approximate surface area is 127 Å². The molecule has 0 atom stereocenters. The largest absolute Gasteiger partial charge is 0.462 e. The van der Waals surface area contributed by atoms with Crippen LogP contribution in [0.1, 0.15) is 43.1 Å². The van der Waals surface area contributed by atoms with Crippen LogP contribution >= 0.6 is 28.3 Å². The third-order valence-electron chi connectivity index (χ3n) is 2.04. The first kappa shape index (κ1) is 17.8. The predicted octanol–water partition coefficient (Wildman–Crippen LogP) is 2.50. The van der Waals surface area contributed by atoms with Gasteiger partial charge in [0.15, 0.2) is 11.1 Å². The maximum atomic E-state index is 11.8. The number of halogens is 1. The molecule has 0 aromatic carbocycles. The standard InChI is InChI=1S/C11H18N4O2S.BrH/c1-5-17-8(16)6-7(11(2,3)4)14-10(18-6)15-9(12)13;/h5H2,1-4H3,(H4,12,13,14,15);1H. The molecule has 0 aliphatic rings. The van der Waals surface area contributed by atoms with E-state index < -0.39 is 5.97 Å². The monoisotopic (exact) mass is 350 g/mol. The van der Waals surface area contributed by atoms with Gasteiger partial charge in [0.05, 0.1) is 12.3 Å². The van der Waals surface area contributed by atoms with Crippen molar-refractivity contribution < 1.29 is 9.53 Å². The van der Waals surface area contributed by atoms with E-state index in [-0.39, 0.29) is 28.4 Å². The molecule has 0 bridgehead atoms. The summed E-state index contributed by atoms with van der Waals surface area (Å²) in [7, 11) is 0. The van der Waals surface area contributed by atoms with Crippen molar-refractivity contribution in [2.45, 2.75) is 33.1 Å². The predicted molar refractivity (Wildman–Crippen MR) is 82.6 cm³/mol. The van der Waals surface area contributed by atoms with Crippen molar-refractivity contribution in [2.75, 3.05) is 11.9 Å². The molecule has 6 nitrogen and oxygen atoms in total. The zero-order valence-electron chi connectivity index (χ0n) is 11.4. The summed E-state index contributed by atoms with van der Waals surface area (Å²) in [6.07, 6.45) is 0. The van der Waals surface area contributed by atoms with Gasteiger partial charge in [-0.25, -0.2) is 9.78 Å². The molecular weight excluding hydrogens is 332 g/mol. The number of guanidine groups is 1. The van der Waals surface area contributed by atoms with Gasteiger partial charge in [-0.1, -0.05) is 32.1 Å². The molecule has 0 aliphatic carbocycles. The number of hydrogen-bond donors (Lipinski definition) is 3. The molecule has 1 heterocycles. The maximum absolute atomic E-state index is 11.8. The van der Waals surface area contributed by atoms with Crippen LogP contribution in [-0.4, -0.2) is 23.5 Å². The molecular formula is C11H19BrN4O2S. The first-order valence-corrected chi connectivity index (χ1v) is 6.36. The lowest BCUT2D eigenvalue weighted by Crippen LogP contribution is -2.21. The molecule has 0 amide bonds. The summed E-state index contributed by atoms with van der Waals surface area (Å²) in [6.45, 7) is 7.95. The van der Waals surface area contributed by atoms with Crippen LogP contribution in [0.3, 0.4) is 0 Å². The van der Waals surface area contributed by atoms with Gasteiger partial charge in [-0.15, -0.1) is 17.0 Å². The lowest BCUT2D eigenvalue weighted by atomic mass is 9.91. The molecule has 108 valence electrons. The quantitative estimate of drug-likeness (QED) is 0.441. The molecule has 8 heteroatoms. The fraction of sp³-hybridized carbons (Fsp3) is 0.545. The van der Waals surface area contributed by atoms with Crippen LogP contribution in [0.25, 0.3) is 0 Å². The molecule has 1 aromatic rings. The SMILES string of the molecule is Br.CCOC(=O)c1sc(NC(=N)N)nc1C(C)(C)C. The van der Waals surface area contributed by atoms with E-state index in [2.05, 4.69) is 10.3 Å². The fourth-order valence-corrected chi connectivity index (χ4v) is 2.41. The number of hydrogen-bond acceptors (Lipinski definition) is 5. The Hall–Kier alpha value is -1.15. The Morgan fingerprint density at radius 2 is 2.11 bits per heavy atom. The number of nitrogens with zero attached hydrogens (tertiary/aromatic N) is 1. The highest BCUT2D eigenvalue weighted by Crippen LogP contribution is 2.32. The van der Waals surface area contributed by atoms with Crippen LogP contribution in [0.2, 0.25) is 0 Å². The molecule has 0 aliphatic heterocycles. The van der Waals surface area contributed by atoms with Crippen LogP contribution in [0, 0.1) is 5.41 Å². The minimum absolute atomic E-state index is 0. The second kappa shape index (κ2) is 6.85. The lowest BCUT2D eigenvalue weighted by Gasteiger charge is -2.16. The van der Waals surface area contributed by atoms with Crippen molar-refractivity contribution in [3.63, 3.8) is 0 Å². The number of anilines is 1. The van der Waals surface area contributed by atoms with Crippen molar-refractivity contribution in [3.8, 4) is 0 Å². The molecule has 0 fully saturated rings. The summed E-state index contributed by atoms with van der Waals surface area (Å²) < 4.78 is 5.00. The van der Waals surface area contributed by atoms with E-state index in [1.165, 1.54) is 0 Å². The van der Waals surface area contributed by atoms with Gasteiger partial charge in [0, 0.05) is 5.41 Å². The van der Waals surface area contributed by atoms with E-state index in [9.17, 15) is 4.79 Å². The summed E-state index contributed by atoms with van der Waals surface area (Å²) in [5.74, 6) is -0.601. The first-order chi connectivity index (χ1) is 8.25. The number of nitrogens with two attached hydrogens (primary N) is 1. The number of ether oxygens (including phenoxy) is 1. The van der Waals surface area contributed by atoms with Crippen LogP contribution in [0.4, 0.5) is 5.13 Å². The third kappa shape index (κ3) is 4.79. The van der Waals surface area contributed by atoms with E-state index in [1.807, 2.05) is 20.8 Å². The van der Waals surface area contributed by atoms with Gasteiger partial charge in [0.1, 0.15) is 4.88 Å². The summed E-state index contributed by atoms with van der Waals surface area (Å²) in [6, 6.07) is 0. The van der Waals surface area contributed by atoms with Crippen molar-refractivity contribution in [3.05, 3.63) is 10.6 Å². The topological polar surface area (TPSA) is 101 Å². The molecule has 1 rings (SSSR count). The van der Waals surface area contributed by atoms with Crippen molar-refractivity contribution in [1.82, 2.24) is 4.98 Å². The van der Waals surface area contributed by atoms with Gasteiger partial charge in [-0.05, 0) is 6.92 Å². The number of esters is 1. The van der Waals surface area contributed by atoms with E-state index in [1.54, 1.807) is 6.92 Å². The van der Waals surface area contributed by atoms with Crippen molar-refractivity contribution in [1.29, 1.82) is 5.41 Å². The molecule has 19 heavy (non-hydrogen) atoms. The van der Waals surface area contributed by atoms with Crippen LogP contribution < -0.4 is 11.1 Å². The number of nitrogens with one attached hydrogen (secondary N) is 2. The summed E-state index contributed by atoms with van der Waals surface area (Å²) in [4.78, 5) is 16.6. The molecule has 0 saturated heterocycles. The highest BCUT2D eigenvalue weighted by atomic mass is 79.9. The zero-order chi connectivity index (χ0) is 13.9. The summed E-state index contributed by atoms with van der Waals surface area (Å²) in [5, 5.41) is 10.2. The number of rotatable bonds is 3. The fourth-order valence-electron chi connectivity index (χ4n) is 1.33. The van der Waals surface area contributed by atoms with Gasteiger partial charge >= 0.3 is 5.97 Å². The number of aromatic nitrogens is 1. The van der Waals surface area contributed by atoms with Gasteiger partial charge in [-0.2, -0.15) is 0 Å². The molecule has 0 unspecified atom stereocenters. The second-order valence-electron chi connectivity index (χ2n) is 4.71. The molecule has 1 aromatic heterocycles. The van der Waals surface area contributed by atoms with Crippen molar-refractivity contribution in [2.24, 2.45) is 5.73 Å².